The maximum Gasteiger partial charge on any atom is 0.401 e. The van der Waals surface area contributed by atoms with E-state index in [-0.39, 0.29) is 25.9 Å². The average Bonchev–Trinajstić information content (AvgIpc) is 2.39. The molecule has 0 amide bonds. The van der Waals surface area contributed by atoms with Crippen molar-refractivity contribution in [1.29, 1.82) is 0 Å². The summed E-state index contributed by atoms with van der Waals surface area (Å²) in [5.74, 6) is -4.08. The topological polar surface area (TPSA) is 113 Å². The molecule has 1 unspecified atom stereocenters. The highest BCUT2D eigenvalue weighted by Gasteiger charge is 2.44. The van der Waals surface area contributed by atoms with Crippen molar-refractivity contribution in [2.45, 2.75) is 57.0 Å². The van der Waals surface area contributed by atoms with E-state index < -0.39 is 24.0 Å². The zero-order chi connectivity index (χ0) is 14.3. The molecule has 0 saturated carbocycles. The maximum absolute atomic E-state index is 11.4. The van der Waals surface area contributed by atoms with Crippen molar-refractivity contribution in [3.63, 3.8) is 0 Å². The molecule has 1 saturated heterocycles. The molecule has 1 rings (SSSR count). The predicted molar refractivity (Wildman–Crippen MR) is 62.5 cm³/mol. The van der Waals surface area contributed by atoms with Crippen LogP contribution in [0.25, 0.3) is 0 Å². The fraction of sp³-hybridized carbons (Fsp3) is 0.833. The predicted octanol–water partition coefficient (Wildman–Crippen LogP) is -0.184. The van der Waals surface area contributed by atoms with Crippen LogP contribution >= 0.6 is 0 Å². The average molecular weight is 276 g/mol. The first-order chi connectivity index (χ1) is 8.98. The van der Waals surface area contributed by atoms with Crippen molar-refractivity contribution < 1.29 is 34.4 Å². The van der Waals surface area contributed by atoms with E-state index in [1.54, 1.807) is 0 Å². The summed E-state index contributed by atoms with van der Waals surface area (Å²) in [6, 6.07) is 0. The Bertz CT molecular complexity index is 295. The number of cyclic esters (lactones) is 2. The number of ether oxygens (including phenoxy) is 2. The molecule has 3 N–H and O–H groups in total. The Kier molecular flexibility index (Phi) is 6.20. The Hall–Kier alpha value is -1.18. The van der Waals surface area contributed by atoms with E-state index in [4.69, 9.17) is 5.11 Å². The van der Waals surface area contributed by atoms with Crippen LogP contribution in [0.3, 0.4) is 0 Å². The van der Waals surface area contributed by atoms with E-state index in [1.165, 1.54) is 0 Å². The van der Waals surface area contributed by atoms with Crippen molar-refractivity contribution in [3.05, 3.63) is 0 Å². The Morgan fingerprint density at radius 2 is 1.63 bits per heavy atom. The van der Waals surface area contributed by atoms with Gasteiger partial charge in [0.1, 0.15) is 0 Å². The number of rotatable bonds is 5. The number of aliphatic hydroxyl groups excluding tert-OH is 2. The Balaban J connectivity index is 2.69. The number of esters is 2. The number of aliphatic hydroxyl groups is 3. The van der Waals surface area contributed by atoms with Gasteiger partial charge in [-0.1, -0.05) is 0 Å². The molecular formula is C12H20O7. The van der Waals surface area contributed by atoms with Gasteiger partial charge >= 0.3 is 17.9 Å². The highest BCUT2D eigenvalue weighted by atomic mass is 16.8. The molecule has 0 aromatic carbocycles. The summed E-state index contributed by atoms with van der Waals surface area (Å²) in [5.41, 5.74) is 0. The fourth-order valence-electron chi connectivity index (χ4n) is 1.76. The SMILES string of the molecule is O=C1CCCCC(=O)OC(O)(C(O)CCCCO)O1. The van der Waals surface area contributed by atoms with Gasteiger partial charge in [-0.2, -0.15) is 0 Å². The lowest BCUT2D eigenvalue weighted by Crippen LogP contribution is -2.50. The Morgan fingerprint density at radius 1 is 1.11 bits per heavy atom. The smallest absolute Gasteiger partial charge is 0.396 e. The lowest BCUT2D eigenvalue weighted by atomic mass is 10.1. The second kappa shape index (κ2) is 7.42. The van der Waals surface area contributed by atoms with Crippen LogP contribution in [0.2, 0.25) is 0 Å². The van der Waals surface area contributed by atoms with E-state index in [2.05, 4.69) is 9.47 Å². The highest BCUT2D eigenvalue weighted by molar-refractivity contribution is 5.72. The summed E-state index contributed by atoms with van der Waals surface area (Å²) >= 11 is 0. The van der Waals surface area contributed by atoms with Crippen LogP contribution in [0.5, 0.6) is 0 Å². The third-order valence-corrected chi connectivity index (χ3v) is 2.84. The summed E-state index contributed by atoms with van der Waals surface area (Å²) in [7, 11) is 0. The molecule has 1 fully saturated rings. The molecule has 1 heterocycles. The summed E-state index contributed by atoms with van der Waals surface area (Å²) in [6.45, 7) is -0.0509. The summed E-state index contributed by atoms with van der Waals surface area (Å²) < 4.78 is 9.37. The van der Waals surface area contributed by atoms with Gasteiger partial charge in [0.25, 0.3) is 0 Å². The molecule has 1 aliphatic heterocycles. The first-order valence-electron chi connectivity index (χ1n) is 6.43. The van der Waals surface area contributed by atoms with E-state index in [0.29, 0.717) is 25.7 Å². The molecule has 0 aromatic rings. The molecular weight excluding hydrogens is 256 g/mol. The van der Waals surface area contributed by atoms with E-state index >= 15 is 0 Å². The third kappa shape index (κ3) is 5.14. The van der Waals surface area contributed by atoms with Crippen LogP contribution in [0.1, 0.15) is 44.9 Å². The fourth-order valence-corrected chi connectivity index (χ4v) is 1.76. The van der Waals surface area contributed by atoms with E-state index in [9.17, 15) is 19.8 Å². The summed E-state index contributed by atoms with van der Waals surface area (Å²) in [5, 5.41) is 28.5. The van der Waals surface area contributed by atoms with Gasteiger partial charge < -0.3 is 24.8 Å². The van der Waals surface area contributed by atoms with Crippen molar-refractivity contribution in [2.24, 2.45) is 0 Å². The molecule has 0 aliphatic carbocycles. The van der Waals surface area contributed by atoms with Gasteiger partial charge in [0.05, 0.1) is 0 Å². The quantitative estimate of drug-likeness (QED) is 0.471. The normalized spacial score (nSPS) is 21.6. The third-order valence-electron chi connectivity index (χ3n) is 2.84. The molecule has 7 heteroatoms. The molecule has 19 heavy (non-hydrogen) atoms. The van der Waals surface area contributed by atoms with E-state index in [1.807, 2.05) is 0 Å². The van der Waals surface area contributed by atoms with Gasteiger partial charge in [-0.15, -0.1) is 0 Å². The second-order valence-electron chi connectivity index (χ2n) is 4.52. The standard InChI is InChI=1S/C12H20O7/c13-8-4-3-5-9(14)12(17)18-10(15)6-1-2-7-11(16)19-12/h9,13-14,17H,1-8H2. The van der Waals surface area contributed by atoms with Gasteiger partial charge in [-0.05, 0) is 32.1 Å². The van der Waals surface area contributed by atoms with Gasteiger partial charge in [-0.25, -0.2) is 0 Å². The molecule has 1 atom stereocenters. The minimum absolute atomic E-state index is 0.0393. The van der Waals surface area contributed by atoms with Gasteiger partial charge in [0.15, 0.2) is 6.10 Å². The van der Waals surface area contributed by atoms with E-state index in [0.717, 1.165) is 0 Å². The Labute approximate surface area is 111 Å². The van der Waals surface area contributed by atoms with Crippen molar-refractivity contribution in [1.82, 2.24) is 0 Å². The maximum atomic E-state index is 11.4. The number of unbranched alkanes of at least 4 members (excludes halogenated alkanes) is 1. The number of hydrogen-bond acceptors (Lipinski definition) is 7. The summed E-state index contributed by atoms with van der Waals surface area (Å²) in [6.07, 6.45) is 0.367. The minimum atomic E-state index is -2.63. The van der Waals surface area contributed by atoms with Crippen LogP contribution in [0.4, 0.5) is 0 Å². The zero-order valence-corrected chi connectivity index (χ0v) is 10.7. The molecule has 0 radical (unpaired) electrons. The number of carbonyl (C=O) groups is 2. The lowest BCUT2D eigenvalue weighted by Gasteiger charge is -2.30. The molecule has 0 aromatic heterocycles. The molecule has 110 valence electrons. The number of hydrogen-bond donors (Lipinski definition) is 3. The monoisotopic (exact) mass is 276 g/mol. The largest absolute Gasteiger partial charge is 0.401 e. The first-order valence-corrected chi connectivity index (χ1v) is 6.43. The van der Waals surface area contributed by atoms with Crippen LogP contribution in [0.15, 0.2) is 0 Å². The summed E-state index contributed by atoms with van der Waals surface area (Å²) in [4.78, 5) is 22.8. The van der Waals surface area contributed by atoms with Crippen LogP contribution in [-0.2, 0) is 19.1 Å². The van der Waals surface area contributed by atoms with Crippen LogP contribution in [-0.4, -0.2) is 45.9 Å². The lowest BCUT2D eigenvalue weighted by molar-refractivity contribution is -0.361. The molecule has 1 aliphatic rings. The van der Waals surface area contributed by atoms with Crippen LogP contribution < -0.4 is 0 Å². The molecule has 7 nitrogen and oxygen atoms in total. The van der Waals surface area contributed by atoms with Crippen molar-refractivity contribution >= 4 is 11.9 Å². The second-order valence-corrected chi connectivity index (χ2v) is 4.52. The Morgan fingerprint density at radius 3 is 2.11 bits per heavy atom. The zero-order valence-electron chi connectivity index (χ0n) is 10.7. The van der Waals surface area contributed by atoms with Gasteiger partial charge in [0, 0.05) is 19.4 Å². The van der Waals surface area contributed by atoms with Gasteiger partial charge in [0.2, 0.25) is 0 Å². The minimum Gasteiger partial charge on any atom is -0.396 e. The molecule has 0 spiro atoms. The van der Waals surface area contributed by atoms with Crippen molar-refractivity contribution in [2.75, 3.05) is 6.61 Å². The first kappa shape index (κ1) is 15.9. The number of carbonyl (C=O) groups excluding carboxylic acids is 2. The molecule has 0 bridgehead atoms. The van der Waals surface area contributed by atoms with Crippen LogP contribution in [0, 0.1) is 0 Å². The highest BCUT2D eigenvalue weighted by Crippen LogP contribution is 2.23. The van der Waals surface area contributed by atoms with Gasteiger partial charge in [-0.3, -0.25) is 9.59 Å². The van der Waals surface area contributed by atoms with Crippen molar-refractivity contribution in [3.8, 4) is 0 Å².